The van der Waals surface area contributed by atoms with Gasteiger partial charge in [0.1, 0.15) is 6.61 Å². The molecule has 1 aromatic heterocycles. The second kappa shape index (κ2) is 6.37. The number of rotatable bonds is 3. The average molecular weight is 341 g/mol. The number of hydrogen-bond acceptors (Lipinski definition) is 5. The minimum atomic E-state index is -0.309. The second-order valence-electron chi connectivity index (χ2n) is 5.32. The molecule has 3 aromatic rings. The second-order valence-corrected chi connectivity index (χ2v) is 6.35. The van der Waals surface area contributed by atoms with E-state index in [2.05, 4.69) is 15.6 Å². The first-order valence-corrected chi connectivity index (χ1v) is 8.38. The van der Waals surface area contributed by atoms with Crippen LogP contribution >= 0.6 is 11.3 Å². The maximum atomic E-state index is 12.0. The molecule has 4 rings (SSSR count). The van der Waals surface area contributed by atoms with Crippen molar-refractivity contribution in [2.24, 2.45) is 0 Å². The van der Waals surface area contributed by atoms with E-state index in [1.54, 1.807) is 0 Å². The Morgan fingerprint density at radius 1 is 1.17 bits per heavy atom. The van der Waals surface area contributed by atoms with Crippen LogP contribution in [-0.2, 0) is 0 Å². The molecular weight excluding hydrogens is 326 g/mol. The summed E-state index contributed by atoms with van der Waals surface area (Å²) in [6.07, 6.45) is -0.221. The number of nitrogens with zero attached hydrogens (tertiary/aromatic N) is 1. The van der Waals surface area contributed by atoms with Crippen molar-refractivity contribution in [2.75, 3.05) is 18.5 Å². The van der Waals surface area contributed by atoms with Gasteiger partial charge in [0.15, 0.2) is 22.7 Å². The van der Waals surface area contributed by atoms with Crippen molar-refractivity contribution in [1.82, 2.24) is 10.3 Å². The van der Waals surface area contributed by atoms with Gasteiger partial charge in [0.2, 0.25) is 0 Å². The van der Waals surface area contributed by atoms with Crippen LogP contribution in [-0.4, -0.2) is 30.3 Å². The fourth-order valence-electron chi connectivity index (χ4n) is 2.44. The molecule has 7 heteroatoms. The molecular formula is C17H15N3O3S. The number of carbonyl (C=O) groups is 1. The number of nitrogens with one attached hydrogen (secondary N) is 2. The van der Waals surface area contributed by atoms with Crippen molar-refractivity contribution in [2.45, 2.75) is 6.10 Å². The third-order valence-corrected chi connectivity index (χ3v) is 4.52. The number of carbonyl (C=O) groups excluding carboxylic acids is 1. The van der Waals surface area contributed by atoms with E-state index in [-0.39, 0.29) is 12.1 Å². The van der Waals surface area contributed by atoms with E-state index >= 15 is 0 Å². The summed E-state index contributed by atoms with van der Waals surface area (Å²) in [6, 6.07) is 14.9. The molecule has 0 fully saturated rings. The first kappa shape index (κ1) is 14.8. The van der Waals surface area contributed by atoms with Gasteiger partial charge in [-0.15, -0.1) is 0 Å². The van der Waals surface area contributed by atoms with E-state index in [9.17, 15) is 4.79 Å². The Kier molecular flexibility index (Phi) is 3.92. The molecule has 0 bridgehead atoms. The zero-order valence-electron chi connectivity index (χ0n) is 12.7. The highest BCUT2D eigenvalue weighted by Gasteiger charge is 2.21. The lowest BCUT2D eigenvalue weighted by atomic mass is 10.2. The number of hydrogen-bond donors (Lipinski definition) is 2. The van der Waals surface area contributed by atoms with Crippen LogP contribution in [0.25, 0.3) is 10.2 Å². The number of ether oxygens (including phenoxy) is 2. The van der Waals surface area contributed by atoms with Crippen molar-refractivity contribution >= 4 is 32.7 Å². The number of urea groups is 1. The zero-order chi connectivity index (χ0) is 16.4. The van der Waals surface area contributed by atoms with Gasteiger partial charge in [-0.25, -0.2) is 9.78 Å². The normalized spacial score (nSPS) is 15.9. The third-order valence-electron chi connectivity index (χ3n) is 3.57. The summed E-state index contributed by atoms with van der Waals surface area (Å²) in [5, 5.41) is 6.11. The van der Waals surface area contributed by atoms with E-state index in [4.69, 9.17) is 9.47 Å². The van der Waals surface area contributed by atoms with Crippen LogP contribution in [0.3, 0.4) is 0 Å². The lowest BCUT2D eigenvalue weighted by Crippen LogP contribution is -2.42. The Hall–Kier alpha value is -2.80. The Balaban J connectivity index is 1.32. The Morgan fingerprint density at radius 2 is 1.96 bits per heavy atom. The highest BCUT2D eigenvalue weighted by atomic mass is 32.1. The molecule has 0 radical (unpaired) electrons. The van der Waals surface area contributed by atoms with Crippen molar-refractivity contribution in [3.05, 3.63) is 48.5 Å². The molecule has 2 heterocycles. The molecule has 1 aliphatic heterocycles. The maximum absolute atomic E-state index is 12.0. The monoisotopic (exact) mass is 341 g/mol. The first-order valence-electron chi connectivity index (χ1n) is 7.57. The van der Waals surface area contributed by atoms with Gasteiger partial charge in [-0.2, -0.15) is 0 Å². The summed E-state index contributed by atoms with van der Waals surface area (Å²) in [6.45, 7) is 0.753. The number of amides is 2. The number of para-hydroxylation sites is 3. The van der Waals surface area contributed by atoms with E-state index in [0.29, 0.717) is 24.0 Å². The SMILES string of the molecule is O=C(NCC1COc2ccccc2O1)Nc1nc2ccccc2s1. The summed E-state index contributed by atoms with van der Waals surface area (Å²) in [7, 11) is 0. The lowest BCUT2D eigenvalue weighted by molar-refractivity contribution is 0.0922. The molecule has 0 saturated carbocycles. The van der Waals surface area contributed by atoms with Crippen LogP contribution in [0, 0.1) is 0 Å². The van der Waals surface area contributed by atoms with Crippen LogP contribution in [0.4, 0.5) is 9.93 Å². The van der Waals surface area contributed by atoms with Gasteiger partial charge in [-0.05, 0) is 24.3 Å². The summed E-state index contributed by atoms with van der Waals surface area (Å²) in [5.41, 5.74) is 0.874. The fraction of sp³-hybridized carbons (Fsp3) is 0.176. The van der Waals surface area contributed by atoms with Crippen LogP contribution < -0.4 is 20.1 Å². The van der Waals surface area contributed by atoms with Gasteiger partial charge in [-0.3, -0.25) is 5.32 Å². The molecule has 0 saturated heterocycles. The minimum Gasteiger partial charge on any atom is -0.486 e. The van der Waals surface area contributed by atoms with Crippen LogP contribution in [0.2, 0.25) is 0 Å². The van der Waals surface area contributed by atoms with E-state index in [1.807, 2.05) is 48.5 Å². The van der Waals surface area contributed by atoms with Crippen molar-refractivity contribution in [3.63, 3.8) is 0 Å². The minimum absolute atomic E-state index is 0.221. The van der Waals surface area contributed by atoms with Crippen LogP contribution in [0.1, 0.15) is 0 Å². The van der Waals surface area contributed by atoms with Gasteiger partial charge in [0, 0.05) is 0 Å². The highest BCUT2D eigenvalue weighted by molar-refractivity contribution is 7.22. The number of fused-ring (bicyclic) bond motifs is 2. The zero-order valence-corrected chi connectivity index (χ0v) is 13.5. The average Bonchev–Trinajstić information content (AvgIpc) is 3.02. The predicted octanol–water partition coefficient (Wildman–Crippen LogP) is 3.26. The molecule has 122 valence electrons. The quantitative estimate of drug-likeness (QED) is 0.767. The fourth-order valence-corrected chi connectivity index (χ4v) is 3.30. The molecule has 0 aliphatic carbocycles. The Bertz CT molecular complexity index is 847. The third kappa shape index (κ3) is 3.11. The largest absolute Gasteiger partial charge is 0.486 e. The van der Waals surface area contributed by atoms with Gasteiger partial charge >= 0.3 is 6.03 Å². The lowest BCUT2D eigenvalue weighted by Gasteiger charge is -2.26. The van der Waals surface area contributed by atoms with Gasteiger partial charge < -0.3 is 14.8 Å². The Labute approximate surface area is 142 Å². The molecule has 6 nitrogen and oxygen atoms in total. The number of anilines is 1. The maximum Gasteiger partial charge on any atom is 0.321 e. The van der Waals surface area contributed by atoms with Gasteiger partial charge in [0.05, 0.1) is 16.8 Å². The summed E-state index contributed by atoms with van der Waals surface area (Å²) in [5.74, 6) is 1.43. The standard InChI is InChI=1S/C17H15N3O3S/c21-16(20-17-19-12-5-1-4-8-15(12)24-17)18-9-11-10-22-13-6-2-3-7-14(13)23-11/h1-8,11H,9-10H2,(H2,18,19,20,21). The van der Waals surface area contributed by atoms with Crippen molar-refractivity contribution in [3.8, 4) is 11.5 Å². The molecule has 2 amide bonds. The molecule has 1 unspecified atom stereocenters. The molecule has 2 aromatic carbocycles. The number of benzene rings is 2. The molecule has 0 spiro atoms. The topological polar surface area (TPSA) is 72.5 Å². The van der Waals surface area contributed by atoms with E-state index in [1.165, 1.54) is 11.3 Å². The van der Waals surface area contributed by atoms with Gasteiger partial charge in [0.25, 0.3) is 0 Å². The van der Waals surface area contributed by atoms with E-state index < -0.39 is 0 Å². The highest BCUT2D eigenvalue weighted by Crippen LogP contribution is 2.30. The van der Waals surface area contributed by atoms with Crippen LogP contribution in [0.15, 0.2) is 48.5 Å². The Morgan fingerprint density at radius 3 is 2.83 bits per heavy atom. The molecule has 1 aliphatic rings. The molecule has 1 atom stereocenters. The number of aromatic nitrogens is 1. The summed E-state index contributed by atoms with van der Waals surface area (Å²) < 4.78 is 12.5. The summed E-state index contributed by atoms with van der Waals surface area (Å²) >= 11 is 1.44. The van der Waals surface area contributed by atoms with E-state index in [0.717, 1.165) is 16.0 Å². The molecule has 24 heavy (non-hydrogen) atoms. The number of thiazole rings is 1. The van der Waals surface area contributed by atoms with Crippen molar-refractivity contribution in [1.29, 1.82) is 0 Å². The molecule has 2 N–H and O–H groups in total. The predicted molar refractivity (Wildman–Crippen MR) is 93.0 cm³/mol. The summed E-state index contributed by atoms with van der Waals surface area (Å²) in [4.78, 5) is 16.4. The smallest absolute Gasteiger partial charge is 0.321 e. The van der Waals surface area contributed by atoms with Gasteiger partial charge in [-0.1, -0.05) is 35.6 Å². The van der Waals surface area contributed by atoms with Crippen molar-refractivity contribution < 1.29 is 14.3 Å². The van der Waals surface area contributed by atoms with Crippen LogP contribution in [0.5, 0.6) is 11.5 Å². The first-order chi connectivity index (χ1) is 11.8.